The van der Waals surface area contributed by atoms with Crippen LogP contribution in [-0.4, -0.2) is 13.0 Å². The standard InChI is InChI=1S/C20H27N3/c1-6-17-7-9-18(10-8-17)23-20(21-5)22-13-19-15(3)11-14(2)12-16(19)4/h7-12H,6,13H2,1-5H3,(H2,21,22,23). The van der Waals surface area contributed by atoms with Crippen molar-refractivity contribution in [2.75, 3.05) is 12.4 Å². The lowest BCUT2D eigenvalue weighted by Crippen LogP contribution is -2.30. The summed E-state index contributed by atoms with van der Waals surface area (Å²) in [5, 5.41) is 6.74. The van der Waals surface area contributed by atoms with Crippen molar-refractivity contribution in [1.29, 1.82) is 0 Å². The van der Waals surface area contributed by atoms with Crippen LogP contribution in [0, 0.1) is 20.8 Å². The molecule has 0 bridgehead atoms. The van der Waals surface area contributed by atoms with Gasteiger partial charge in [0, 0.05) is 19.3 Å². The fourth-order valence-corrected chi connectivity index (χ4v) is 2.80. The zero-order valence-electron chi connectivity index (χ0n) is 14.8. The van der Waals surface area contributed by atoms with E-state index in [0.29, 0.717) is 0 Å². The molecule has 0 atom stereocenters. The first kappa shape index (κ1) is 17.1. The third kappa shape index (κ3) is 4.59. The molecule has 0 saturated carbocycles. The summed E-state index contributed by atoms with van der Waals surface area (Å²) in [7, 11) is 1.80. The van der Waals surface area contributed by atoms with E-state index in [1.165, 1.54) is 27.8 Å². The maximum atomic E-state index is 4.31. The molecule has 0 aliphatic rings. The predicted octanol–water partition coefficient (Wildman–Crippen LogP) is 4.36. The monoisotopic (exact) mass is 309 g/mol. The van der Waals surface area contributed by atoms with E-state index in [-0.39, 0.29) is 0 Å². The Morgan fingerprint density at radius 1 is 1.00 bits per heavy atom. The summed E-state index contributed by atoms with van der Waals surface area (Å²) in [4.78, 5) is 4.31. The van der Waals surface area contributed by atoms with E-state index in [4.69, 9.17) is 0 Å². The number of guanidine groups is 1. The summed E-state index contributed by atoms with van der Waals surface area (Å²) in [5.74, 6) is 0.786. The first-order chi connectivity index (χ1) is 11.0. The summed E-state index contributed by atoms with van der Waals surface area (Å²) in [5.41, 5.74) is 7.66. The van der Waals surface area contributed by atoms with Gasteiger partial charge in [-0.2, -0.15) is 0 Å². The summed E-state index contributed by atoms with van der Waals surface area (Å²) in [6, 6.07) is 12.9. The molecule has 0 amide bonds. The van der Waals surface area contributed by atoms with Crippen LogP contribution in [0.25, 0.3) is 0 Å². The molecule has 122 valence electrons. The molecular formula is C20H27N3. The largest absolute Gasteiger partial charge is 0.352 e. The van der Waals surface area contributed by atoms with Gasteiger partial charge in [-0.1, -0.05) is 36.8 Å². The molecule has 0 spiro atoms. The zero-order chi connectivity index (χ0) is 16.8. The average molecular weight is 309 g/mol. The third-order valence-corrected chi connectivity index (χ3v) is 4.12. The van der Waals surface area contributed by atoms with Crippen LogP contribution in [0.1, 0.15) is 34.7 Å². The van der Waals surface area contributed by atoms with Crippen LogP contribution in [0.15, 0.2) is 41.4 Å². The smallest absolute Gasteiger partial charge is 0.195 e. The van der Waals surface area contributed by atoms with Gasteiger partial charge >= 0.3 is 0 Å². The first-order valence-corrected chi connectivity index (χ1v) is 8.16. The van der Waals surface area contributed by atoms with Gasteiger partial charge in [-0.25, -0.2) is 0 Å². The molecule has 3 nitrogen and oxygen atoms in total. The SMILES string of the molecule is CCc1ccc(N/C(=N/C)NCc2c(C)cc(C)cc2C)cc1. The zero-order valence-corrected chi connectivity index (χ0v) is 14.8. The Kier molecular flexibility index (Phi) is 5.80. The lowest BCUT2D eigenvalue weighted by Gasteiger charge is -2.15. The van der Waals surface area contributed by atoms with Gasteiger partial charge in [0.1, 0.15) is 0 Å². The summed E-state index contributed by atoms with van der Waals surface area (Å²) < 4.78 is 0. The number of nitrogens with one attached hydrogen (secondary N) is 2. The molecule has 3 heteroatoms. The molecule has 2 N–H and O–H groups in total. The van der Waals surface area contributed by atoms with Crippen molar-refractivity contribution in [1.82, 2.24) is 5.32 Å². The predicted molar refractivity (Wildman–Crippen MR) is 100 cm³/mol. The Morgan fingerprint density at radius 3 is 2.13 bits per heavy atom. The molecule has 0 aliphatic heterocycles. The molecule has 0 aromatic heterocycles. The molecule has 0 unspecified atom stereocenters. The normalized spacial score (nSPS) is 11.4. The number of aryl methyl sites for hydroxylation is 4. The molecule has 0 aliphatic carbocycles. The Morgan fingerprint density at radius 2 is 1.61 bits per heavy atom. The lowest BCUT2D eigenvalue weighted by atomic mass is 10.00. The minimum atomic E-state index is 0.769. The van der Waals surface area contributed by atoms with Crippen LogP contribution in [0.3, 0.4) is 0 Å². The maximum Gasteiger partial charge on any atom is 0.195 e. The van der Waals surface area contributed by atoms with Gasteiger partial charge < -0.3 is 10.6 Å². The fourth-order valence-electron chi connectivity index (χ4n) is 2.80. The molecule has 2 rings (SSSR count). The van der Waals surface area contributed by atoms with Gasteiger partial charge in [0.25, 0.3) is 0 Å². The molecule has 0 saturated heterocycles. The van der Waals surface area contributed by atoms with E-state index in [1.807, 2.05) is 0 Å². The Bertz CT molecular complexity index is 662. The number of anilines is 1. The van der Waals surface area contributed by atoms with Crippen molar-refractivity contribution in [3.05, 3.63) is 64.2 Å². The Hall–Kier alpha value is -2.29. The van der Waals surface area contributed by atoms with Gasteiger partial charge in [0.2, 0.25) is 0 Å². The molecular weight excluding hydrogens is 282 g/mol. The highest BCUT2D eigenvalue weighted by molar-refractivity contribution is 5.93. The highest BCUT2D eigenvalue weighted by Gasteiger charge is 2.05. The number of rotatable bonds is 4. The summed E-state index contributed by atoms with van der Waals surface area (Å²) in [6.07, 6.45) is 1.05. The lowest BCUT2D eigenvalue weighted by molar-refractivity contribution is 0.888. The van der Waals surface area contributed by atoms with E-state index < -0.39 is 0 Å². The number of aliphatic imine (C=N–C) groups is 1. The number of nitrogens with zero attached hydrogens (tertiary/aromatic N) is 1. The molecule has 23 heavy (non-hydrogen) atoms. The van der Waals surface area contributed by atoms with Crippen molar-refractivity contribution >= 4 is 11.6 Å². The number of benzene rings is 2. The summed E-state index contributed by atoms with van der Waals surface area (Å²) >= 11 is 0. The second kappa shape index (κ2) is 7.82. The van der Waals surface area contributed by atoms with Gasteiger partial charge in [-0.3, -0.25) is 4.99 Å². The molecule has 2 aromatic rings. The maximum absolute atomic E-state index is 4.31. The molecule has 0 heterocycles. The highest BCUT2D eigenvalue weighted by atomic mass is 15.2. The fraction of sp³-hybridized carbons (Fsp3) is 0.350. The van der Waals surface area contributed by atoms with Crippen molar-refractivity contribution in [3.8, 4) is 0 Å². The number of hydrogen-bond donors (Lipinski definition) is 2. The topological polar surface area (TPSA) is 36.4 Å². The average Bonchev–Trinajstić information content (AvgIpc) is 2.53. The van der Waals surface area contributed by atoms with Crippen molar-refractivity contribution in [2.45, 2.75) is 40.7 Å². The van der Waals surface area contributed by atoms with Gasteiger partial charge in [-0.15, -0.1) is 0 Å². The van der Waals surface area contributed by atoms with Crippen LogP contribution in [0.5, 0.6) is 0 Å². The van der Waals surface area contributed by atoms with E-state index in [9.17, 15) is 0 Å². The van der Waals surface area contributed by atoms with Crippen LogP contribution in [0.4, 0.5) is 5.69 Å². The van der Waals surface area contributed by atoms with E-state index >= 15 is 0 Å². The van der Waals surface area contributed by atoms with Crippen LogP contribution >= 0.6 is 0 Å². The van der Waals surface area contributed by atoms with Crippen LogP contribution in [-0.2, 0) is 13.0 Å². The van der Waals surface area contributed by atoms with Gasteiger partial charge in [0.05, 0.1) is 0 Å². The van der Waals surface area contributed by atoms with Crippen molar-refractivity contribution in [3.63, 3.8) is 0 Å². The Balaban J connectivity index is 2.03. The third-order valence-electron chi connectivity index (χ3n) is 4.12. The summed E-state index contributed by atoms with van der Waals surface area (Å²) in [6.45, 7) is 9.39. The molecule has 0 radical (unpaired) electrons. The molecule has 0 fully saturated rings. The number of hydrogen-bond acceptors (Lipinski definition) is 1. The second-order valence-electron chi connectivity index (χ2n) is 5.98. The minimum absolute atomic E-state index is 0.769. The molecule has 2 aromatic carbocycles. The Labute approximate surface area is 139 Å². The van der Waals surface area contributed by atoms with Crippen LogP contribution < -0.4 is 10.6 Å². The van der Waals surface area contributed by atoms with Gasteiger partial charge in [-0.05, 0) is 61.6 Å². The van der Waals surface area contributed by atoms with Gasteiger partial charge in [0.15, 0.2) is 5.96 Å². The minimum Gasteiger partial charge on any atom is -0.352 e. The van der Waals surface area contributed by atoms with Crippen molar-refractivity contribution in [2.24, 2.45) is 4.99 Å². The van der Waals surface area contributed by atoms with E-state index in [0.717, 1.165) is 24.6 Å². The van der Waals surface area contributed by atoms with E-state index in [2.05, 4.69) is 79.7 Å². The second-order valence-corrected chi connectivity index (χ2v) is 5.98. The van der Waals surface area contributed by atoms with Crippen molar-refractivity contribution < 1.29 is 0 Å². The highest BCUT2D eigenvalue weighted by Crippen LogP contribution is 2.16. The van der Waals surface area contributed by atoms with Crippen LogP contribution in [0.2, 0.25) is 0 Å². The van der Waals surface area contributed by atoms with E-state index in [1.54, 1.807) is 7.05 Å². The quantitative estimate of drug-likeness (QED) is 0.650. The first-order valence-electron chi connectivity index (χ1n) is 8.16.